The SMILES string of the molecule is CNC(=O)[C@@H](C)N(Cc1cccc(Cl)c1)C(=O)CN(c1cccc(Cl)c1)S(=O)(=O)c1ccc(Cl)cc1. The number of hydrogen-bond acceptors (Lipinski definition) is 4. The van der Waals surface area contributed by atoms with E-state index in [9.17, 15) is 18.0 Å². The Morgan fingerprint density at radius 1 is 0.889 bits per heavy atom. The highest BCUT2D eigenvalue weighted by Crippen LogP contribution is 2.27. The van der Waals surface area contributed by atoms with Crippen LogP contribution in [0, 0.1) is 0 Å². The topological polar surface area (TPSA) is 86.8 Å². The molecule has 0 spiro atoms. The van der Waals surface area contributed by atoms with E-state index in [0.29, 0.717) is 20.6 Å². The maximum atomic E-state index is 13.6. The Labute approximate surface area is 225 Å². The van der Waals surface area contributed by atoms with Gasteiger partial charge in [0.05, 0.1) is 10.6 Å². The molecule has 3 aromatic rings. The molecule has 0 saturated heterocycles. The summed E-state index contributed by atoms with van der Waals surface area (Å²) in [6.45, 7) is 1.03. The molecule has 190 valence electrons. The van der Waals surface area contributed by atoms with Gasteiger partial charge in [0.25, 0.3) is 10.0 Å². The molecule has 11 heteroatoms. The molecular formula is C25H24Cl3N3O4S. The van der Waals surface area contributed by atoms with Crippen molar-refractivity contribution >= 4 is 62.3 Å². The van der Waals surface area contributed by atoms with Gasteiger partial charge in [0.2, 0.25) is 11.8 Å². The van der Waals surface area contributed by atoms with Gasteiger partial charge in [0.1, 0.15) is 12.6 Å². The molecule has 2 amide bonds. The molecule has 3 aromatic carbocycles. The number of anilines is 1. The van der Waals surface area contributed by atoms with Crippen LogP contribution in [0.1, 0.15) is 12.5 Å². The molecule has 1 N–H and O–H groups in total. The van der Waals surface area contributed by atoms with Crippen LogP contribution in [0.3, 0.4) is 0 Å². The summed E-state index contributed by atoms with van der Waals surface area (Å²) >= 11 is 18.2. The summed E-state index contributed by atoms with van der Waals surface area (Å²) in [6.07, 6.45) is 0. The van der Waals surface area contributed by atoms with Gasteiger partial charge in [-0.15, -0.1) is 0 Å². The van der Waals surface area contributed by atoms with E-state index in [0.717, 1.165) is 4.31 Å². The van der Waals surface area contributed by atoms with Gasteiger partial charge >= 0.3 is 0 Å². The van der Waals surface area contributed by atoms with Gasteiger partial charge in [-0.3, -0.25) is 13.9 Å². The van der Waals surface area contributed by atoms with Gasteiger partial charge in [-0.1, -0.05) is 53.0 Å². The quantitative estimate of drug-likeness (QED) is 0.393. The highest BCUT2D eigenvalue weighted by molar-refractivity contribution is 7.92. The summed E-state index contributed by atoms with van der Waals surface area (Å²) in [7, 11) is -2.74. The molecule has 0 unspecified atom stereocenters. The molecule has 0 aliphatic carbocycles. The van der Waals surface area contributed by atoms with E-state index in [1.165, 1.54) is 48.3 Å². The highest BCUT2D eigenvalue weighted by atomic mass is 35.5. The van der Waals surface area contributed by atoms with Crippen molar-refractivity contribution in [3.8, 4) is 0 Å². The van der Waals surface area contributed by atoms with E-state index in [1.54, 1.807) is 43.3 Å². The van der Waals surface area contributed by atoms with Crippen LogP contribution in [0.2, 0.25) is 15.1 Å². The number of carbonyl (C=O) groups excluding carboxylic acids is 2. The monoisotopic (exact) mass is 567 g/mol. The first-order chi connectivity index (χ1) is 17.0. The van der Waals surface area contributed by atoms with Gasteiger partial charge in [0, 0.05) is 28.7 Å². The predicted molar refractivity (Wildman–Crippen MR) is 143 cm³/mol. The lowest BCUT2D eigenvalue weighted by atomic mass is 10.1. The lowest BCUT2D eigenvalue weighted by Gasteiger charge is -2.31. The zero-order valence-corrected chi connectivity index (χ0v) is 22.6. The summed E-state index contributed by atoms with van der Waals surface area (Å²) in [5.74, 6) is -0.996. The molecule has 0 radical (unpaired) electrons. The van der Waals surface area contributed by atoms with Crippen LogP contribution in [-0.2, 0) is 26.2 Å². The summed E-state index contributed by atoms with van der Waals surface area (Å²) in [5.41, 5.74) is 0.877. The first-order valence-electron chi connectivity index (χ1n) is 10.8. The normalized spacial score (nSPS) is 12.0. The molecule has 0 fully saturated rings. The minimum absolute atomic E-state index is 0.0400. The van der Waals surface area contributed by atoms with Gasteiger partial charge in [0.15, 0.2) is 0 Å². The largest absolute Gasteiger partial charge is 0.357 e. The van der Waals surface area contributed by atoms with Crippen LogP contribution in [0.25, 0.3) is 0 Å². The van der Waals surface area contributed by atoms with Crippen molar-refractivity contribution in [2.45, 2.75) is 24.4 Å². The molecule has 3 rings (SSSR count). The fourth-order valence-electron chi connectivity index (χ4n) is 3.52. The lowest BCUT2D eigenvalue weighted by Crippen LogP contribution is -2.50. The van der Waals surface area contributed by atoms with Gasteiger partial charge in [-0.2, -0.15) is 0 Å². The Morgan fingerprint density at radius 3 is 2.08 bits per heavy atom. The first kappa shape index (κ1) is 27.8. The molecule has 0 aromatic heterocycles. The summed E-state index contributed by atoms with van der Waals surface area (Å²) in [4.78, 5) is 27.4. The Morgan fingerprint density at radius 2 is 1.50 bits per heavy atom. The second-order valence-corrected chi connectivity index (χ2v) is 11.1. The summed E-state index contributed by atoms with van der Waals surface area (Å²) < 4.78 is 28.3. The number of nitrogens with zero attached hydrogens (tertiary/aromatic N) is 2. The number of hydrogen-bond donors (Lipinski definition) is 1. The fourth-order valence-corrected chi connectivity index (χ4v) is 5.45. The van der Waals surface area contributed by atoms with Crippen molar-refractivity contribution in [2.75, 3.05) is 17.9 Å². The smallest absolute Gasteiger partial charge is 0.264 e. The Kier molecular flexibility index (Phi) is 9.24. The molecule has 0 saturated carbocycles. The van der Waals surface area contributed by atoms with Gasteiger partial charge < -0.3 is 10.2 Å². The highest BCUT2D eigenvalue weighted by Gasteiger charge is 2.32. The number of rotatable bonds is 9. The zero-order valence-electron chi connectivity index (χ0n) is 19.5. The molecule has 36 heavy (non-hydrogen) atoms. The van der Waals surface area contributed by atoms with Crippen LogP contribution in [0.5, 0.6) is 0 Å². The third-order valence-electron chi connectivity index (χ3n) is 5.43. The Balaban J connectivity index is 2.03. The van der Waals surface area contributed by atoms with Crippen molar-refractivity contribution < 1.29 is 18.0 Å². The lowest BCUT2D eigenvalue weighted by molar-refractivity contribution is -0.139. The molecule has 0 aliphatic heterocycles. The van der Waals surface area contributed by atoms with Crippen molar-refractivity contribution in [3.05, 3.63) is 93.4 Å². The fraction of sp³-hybridized carbons (Fsp3) is 0.200. The van der Waals surface area contributed by atoms with Crippen LogP contribution >= 0.6 is 34.8 Å². The van der Waals surface area contributed by atoms with E-state index in [1.807, 2.05) is 0 Å². The summed E-state index contributed by atoms with van der Waals surface area (Å²) in [5, 5.41) is 3.67. The van der Waals surface area contributed by atoms with Crippen LogP contribution in [0.15, 0.2) is 77.7 Å². The average molecular weight is 569 g/mol. The number of benzene rings is 3. The van der Waals surface area contributed by atoms with Crippen molar-refractivity contribution in [1.29, 1.82) is 0 Å². The van der Waals surface area contributed by atoms with Gasteiger partial charge in [-0.25, -0.2) is 8.42 Å². The Hall–Kier alpha value is -2.78. The van der Waals surface area contributed by atoms with E-state index >= 15 is 0 Å². The second-order valence-electron chi connectivity index (χ2n) is 7.89. The maximum absolute atomic E-state index is 13.6. The number of halogens is 3. The van der Waals surface area contributed by atoms with Crippen LogP contribution < -0.4 is 9.62 Å². The number of sulfonamides is 1. The molecule has 0 heterocycles. The molecular weight excluding hydrogens is 545 g/mol. The number of nitrogens with one attached hydrogen (secondary N) is 1. The third-order valence-corrected chi connectivity index (χ3v) is 7.94. The van der Waals surface area contributed by atoms with E-state index < -0.39 is 34.4 Å². The van der Waals surface area contributed by atoms with Gasteiger partial charge in [-0.05, 0) is 67.1 Å². The van der Waals surface area contributed by atoms with Crippen LogP contribution in [-0.4, -0.2) is 44.8 Å². The van der Waals surface area contributed by atoms with Crippen molar-refractivity contribution in [1.82, 2.24) is 10.2 Å². The first-order valence-corrected chi connectivity index (χ1v) is 13.4. The minimum Gasteiger partial charge on any atom is -0.357 e. The van der Waals surface area contributed by atoms with E-state index in [-0.39, 0.29) is 17.1 Å². The maximum Gasteiger partial charge on any atom is 0.264 e. The third kappa shape index (κ3) is 6.70. The van der Waals surface area contributed by atoms with E-state index in [2.05, 4.69) is 5.32 Å². The number of likely N-dealkylation sites (N-methyl/N-ethyl adjacent to an activating group) is 1. The predicted octanol–water partition coefficient (Wildman–Crippen LogP) is 5.01. The minimum atomic E-state index is -4.20. The standard InChI is InChI=1S/C25H24Cl3N3O4S/c1-17(25(33)29-2)30(15-18-5-3-6-20(27)13-18)24(32)16-31(22-8-4-7-21(28)14-22)36(34,35)23-11-9-19(26)10-12-23/h3-14,17H,15-16H2,1-2H3,(H,29,33)/t17-/m1/s1. The average Bonchev–Trinajstić information content (AvgIpc) is 2.85. The van der Waals surface area contributed by atoms with Crippen molar-refractivity contribution in [3.63, 3.8) is 0 Å². The number of amides is 2. The summed E-state index contributed by atoms with van der Waals surface area (Å²) in [6, 6.07) is 17.8. The second kappa shape index (κ2) is 12.0. The zero-order chi connectivity index (χ0) is 26.5. The molecule has 0 aliphatic rings. The Bertz CT molecular complexity index is 1350. The number of carbonyl (C=O) groups is 2. The van der Waals surface area contributed by atoms with Crippen LogP contribution in [0.4, 0.5) is 5.69 Å². The molecule has 0 bridgehead atoms. The van der Waals surface area contributed by atoms with Crippen molar-refractivity contribution in [2.24, 2.45) is 0 Å². The molecule has 7 nitrogen and oxygen atoms in total. The van der Waals surface area contributed by atoms with E-state index in [4.69, 9.17) is 34.8 Å². The molecule has 1 atom stereocenters.